The first-order valence-corrected chi connectivity index (χ1v) is 5.20. The molecule has 0 bridgehead atoms. The van der Waals surface area contributed by atoms with Crippen molar-refractivity contribution < 1.29 is 8.81 Å². The van der Waals surface area contributed by atoms with Crippen molar-refractivity contribution in [2.45, 2.75) is 13.5 Å². The minimum absolute atomic E-state index is 0.254. The van der Waals surface area contributed by atoms with Crippen LogP contribution in [-0.4, -0.2) is 17.2 Å². The standard InChI is InChI=1S/C11H13FN4O/c1-7-8(12)4-3-5-9(7)14-11-16-15-10(17-11)6-13-2/h3-5,13H,6H2,1-2H3,(H,14,16). The maximum absolute atomic E-state index is 13.3. The maximum Gasteiger partial charge on any atom is 0.320 e. The summed E-state index contributed by atoms with van der Waals surface area (Å²) in [6, 6.07) is 5.03. The van der Waals surface area contributed by atoms with E-state index in [1.165, 1.54) is 6.07 Å². The van der Waals surface area contributed by atoms with Gasteiger partial charge in [-0.3, -0.25) is 0 Å². The number of hydrogen-bond donors (Lipinski definition) is 2. The van der Waals surface area contributed by atoms with Crippen LogP contribution in [0.15, 0.2) is 22.6 Å². The van der Waals surface area contributed by atoms with Gasteiger partial charge in [0.05, 0.1) is 6.54 Å². The number of benzene rings is 1. The molecule has 0 unspecified atom stereocenters. The Morgan fingerprint density at radius 3 is 2.94 bits per heavy atom. The molecule has 0 aliphatic carbocycles. The molecule has 90 valence electrons. The van der Waals surface area contributed by atoms with Crippen LogP contribution >= 0.6 is 0 Å². The largest absolute Gasteiger partial charge is 0.406 e. The van der Waals surface area contributed by atoms with Crippen LogP contribution in [0.2, 0.25) is 0 Å². The molecule has 6 heteroatoms. The predicted octanol–water partition coefficient (Wildman–Crippen LogP) is 1.98. The number of anilines is 2. The quantitative estimate of drug-likeness (QED) is 0.849. The van der Waals surface area contributed by atoms with Gasteiger partial charge in [0.15, 0.2) is 0 Å². The van der Waals surface area contributed by atoms with E-state index in [0.29, 0.717) is 23.7 Å². The first-order chi connectivity index (χ1) is 8.20. The fourth-order valence-electron chi connectivity index (χ4n) is 1.38. The molecule has 0 amide bonds. The van der Waals surface area contributed by atoms with Crippen molar-refractivity contribution in [2.24, 2.45) is 0 Å². The minimum Gasteiger partial charge on any atom is -0.406 e. The van der Waals surface area contributed by atoms with Gasteiger partial charge in [0.2, 0.25) is 5.89 Å². The van der Waals surface area contributed by atoms with Gasteiger partial charge in [0, 0.05) is 11.3 Å². The van der Waals surface area contributed by atoms with E-state index in [1.807, 2.05) is 0 Å². The molecule has 2 N–H and O–H groups in total. The van der Waals surface area contributed by atoms with Crippen molar-refractivity contribution in [3.8, 4) is 0 Å². The van der Waals surface area contributed by atoms with E-state index in [1.54, 1.807) is 26.1 Å². The summed E-state index contributed by atoms with van der Waals surface area (Å²) in [5.74, 6) is 0.203. The highest BCUT2D eigenvalue weighted by Gasteiger charge is 2.08. The van der Waals surface area contributed by atoms with Gasteiger partial charge in [-0.25, -0.2) is 4.39 Å². The second-order valence-electron chi connectivity index (χ2n) is 3.57. The van der Waals surface area contributed by atoms with E-state index >= 15 is 0 Å². The molecular formula is C11H13FN4O. The van der Waals surface area contributed by atoms with Gasteiger partial charge in [0.25, 0.3) is 0 Å². The van der Waals surface area contributed by atoms with Crippen molar-refractivity contribution in [3.05, 3.63) is 35.5 Å². The molecule has 0 aliphatic rings. The maximum atomic E-state index is 13.3. The molecular weight excluding hydrogens is 223 g/mol. The van der Waals surface area contributed by atoms with Crippen molar-refractivity contribution in [2.75, 3.05) is 12.4 Å². The summed E-state index contributed by atoms with van der Waals surface area (Å²) in [4.78, 5) is 0. The first kappa shape index (κ1) is 11.5. The average molecular weight is 236 g/mol. The fraction of sp³-hybridized carbons (Fsp3) is 0.273. The van der Waals surface area contributed by atoms with Crippen LogP contribution in [0.25, 0.3) is 0 Å². The zero-order chi connectivity index (χ0) is 12.3. The Hall–Kier alpha value is -1.95. The van der Waals surface area contributed by atoms with Gasteiger partial charge >= 0.3 is 6.01 Å². The number of nitrogens with zero attached hydrogens (tertiary/aromatic N) is 2. The van der Waals surface area contributed by atoms with Crippen LogP contribution in [0.4, 0.5) is 16.1 Å². The smallest absolute Gasteiger partial charge is 0.320 e. The van der Waals surface area contributed by atoms with E-state index < -0.39 is 0 Å². The van der Waals surface area contributed by atoms with Crippen LogP contribution < -0.4 is 10.6 Å². The third kappa shape index (κ3) is 2.59. The lowest BCUT2D eigenvalue weighted by Crippen LogP contribution is -2.04. The highest BCUT2D eigenvalue weighted by Crippen LogP contribution is 2.21. The van der Waals surface area contributed by atoms with Gasteiger partial charge in [-0.15, -0.1) is 5.10 Å². The van der Waals surface area contributed by atoms with Gasteiger partial charge in [-0.2, -0.15) is 0 Å². The van der Waals surface area contributed by atoms with E-state index in [-0.39, 0.29) is 11.8 Å². The Balaban J connectivity index is 2.16. The molecule has 17 heavy (non-hydrogen) atoms. The lowest BCUT2D eigenvalue weighted by Gasteiger charge is -2.05. The third-order valence-corrected chi connectivity index (χ3v) is 2.30. The Morgan fingerprint density at radius 2 is 2.18 bits per heavy atom. The molecule has 0 aliphatic heterocycles. The SMILES string of the molecule is CNCc1nnc(Nc2cccc(F)c2C)o1. The van der Waals surface area contributed by atoms with Crippen molar-refractivity contribution in [3.63, 3.8) is 0 Å². The second-order valence-corrected chi connectivity index (χ2v) is 3.57. The van der Waals surface area contributed by atoms with Crippen LogP contribution in [0.3, 0.4) is 0 Å². The lowest BCUT2D eigenvalue weighted by molar-refractivity contribution is 0.492. The zero-order valence-electron chi connectivity index (χ0n) is 9.62. The summed E-state index contributed by atoms with van der Waals surface area (Å²) in [7, 11) is 1.79. The van der Waals surface area contributed by atoms with Gasteiger partial charge in [-0.05, 0) is 26.1 Å². The summed E-state index contributed by atoms with van der Waals surface area (Å²) in [6.07, 6.45) is 0. The Morgan fingerprint density at radius 1 is 1.35 bits per heavy atom. The van der Waals surface area contributed by atoms with Gasteiger partial charge in [-0.1, -0.05) is 11.2 Å². The number of hydrogen-bond acceptors (Lipinski definition) is 5. The summed E-state index contributed by atoms with van der Waals surface area (Å²) in [6.45, 7) is 2.18. The van der Waals surface area contributed by atoms with Crippen molar-refractivity contribution in [1.29, 1.82) is 0 Å². The molecule has 0 fully saturated rings. The lowest BCUT2D eigenvalue weighted by atomic mass is 10.2. The number of nitrogens with one attached hydrogen (secondary N) is 2. The topological polar surface area (TPSA) is 63.0 Å². The highest BCUT2D eigenvalue weighted by atomic mass is 19.1. The highest BCUT2D eigenvalue weighted by molar-refractivity contribution is 5.57. The van der Waals surface area contributed by atoms with Crippen LogP contribution in [0, 0.1) is 12.7 Å². The fourth-order valence-corrected chi connectivity index (χ4v) is 1.38. The summed E-state index contributed by atoms with van der Waals surface area (Å²) in [5.41, 5.74) is 1.13. The summed E-state index contributed by atoms with van der Waals surface area (Å²) in [5, 5.41) is 13.4. The van der Waals surface area contributed by atoms with E-state index in [9.17, 15) is 4.39 Å². The zero-order valence-corrected chi connectivity index (χ0v) is 9.62. The number of halogens is 1. The molecule has 2 aromatic rings. The summed E-state index contributed by atoms with van der Waals surface area (Å²) < 4.78 is 18.6. The van der Waals surface area contributed by atoms with Crippen LogP contribution in [0.1, 0.15) is 11.5 Å². The van der Waals surface area contributed by atoms with E-state index in [0.717, 1.165) is 0 Å². The normalized spacial score (nSPS) is 10.5. The summed E-state index contributed by atoms with van der Waals surface area (Å²) >= 11 is 0. The Kier molecular flexibility index (Phi) is 3.34. The van der Waals surface area contributed by atoms with Crippen LogP contribution in [-0.2, 0) is 6.54 Å². The predicted molar refractivity (Wildman–Crippen MR) is 61.5 cm³/mol. The molecule has 0 saturated carbocycles. The molecule has 0 spiro atoms. The average Bonchev–Trinajstić information content (AvgIpc) is 2.73. The van der Waals surface area contributed by atoms with Gasteiger partial charge in [0.1, 0.15) is 5.82 Å². The van der Waals surface area contributed by atoms with Crippen molar-refractivity contribution in [1.82, 2.24) is 15.5 Å². The van der Waals surface area contributed by atoms with Crippen molar-refractivity contribution >= 4 is 11.7 Å². The molecule has 0 saturated heterocycles. The minimum atomic E-state index is -0.273. The van der Waals surface area contributed by atoms with Crippen LogP contribution in [0.5, 0.6) is 0 Å². The molecule has 1 aromatic heterocycles. The third-order valence-electron chi connectivity index (χ3n) is 2.30. The monoisotopic (exact) mass is 236 g/mol. The second kappa shape index (κ2) is 4.92. The molecule has 0 radical (unpaired) electrons. The molecule has 0 atom stereocenters. The molecule has 1 heterocycles. The van der Waals surface area contributed by atoms with E-state index in [2.05, 4.69) is 20.8 Å². The number of aromatic nitrogens is 2. The Labute approximate surface area is 98.1 Å². The molecule has 5 nitrogen and oxygen atoms in total. The van der Waals surface area contributed by atoms with Gasteiger partial charge < -0.3 is 15.1 Å². The molecule has 2 rings (SSSR count). The first-order valence-electron chi connectivity index (χ1n) is 5.20. The molecule has 1 aromatic carbocycles. The number of rotatable bonds is 4. The van der Waals surface area contributed by atoms with E-state index in [4.69, 9.17) is 4.42 Å². The Bertz CT molecular complexity index is 512.